The highest BCUT2D eigenvalue weighted by atomic mass is 31.2. The van der Waals surface area contributed by atoms with E-state index < -0.39 is 69.8 Å². The highest BCUT2D eigenvalue weighted by Crippen LogP contribution is 2.40. The maximum Gasteiger partial charge on any atom is 0.571 e. The molecule has 6 atom stereocenters. The average Bonchev–Trinajstić information content (AvgIpc) is 2.74. The molecule has 195 valence electrons. The van der Waals surface area contributed by atoms with E-state index in [0.29, 0.717) is 19.6 Å². The molecule has 14 heteroatoms. The largest absolute Gasteiger partial charge is 0.781 e. The molecule has 13 nitrogen and oxygen atoms in total. The summed E-state index contributed by atoms with van der Waals surface area (Å²) in [7, 11) is -2.82. The molecular formula is C20H34NO12P+. The van der Waals surface area contributed by atoms with Crippen LogP contribution in [-0.2, 0) is 52.0 Å². The van der Waals surface area contributed by atoms with Crippen LogP contribution in [0.5, 0.6) is 0 Å². The minimum atomic E-state index is -2.82. The Morgan fingerprint density at radius 3 is 1.79 bits per heavy atom. The van der Waals surface area contributed by atoms with Gasteiger partial charge in [0.2, 0.25) is 12.9 Å². The molecule has 1 saturated heterocycles. The molecule has 1 fully saturated rings. The van der Waals surface area contributed by atoms with Crippen molar-refractivity contribution in [1.29, 1.82) is 0 Å². The number of nitrogens with zero attached hydrogens (tertiary/aromatic N) is 1. The highest BCUT2D eigenvalue weighted by Gasteiger charge is 2.54. The van der Waals surface area contributed by atoms with Gasteiger partial charge in [-0.2, -0.15) is 9.27 Å². The molecule has 0 spiro atoms. The summed E-state index contributed by atoms with van der Waals surface area (Å²) in [5.41, 5.74) is 0. The van der Waals surface area contributed by atoms with Gasteiger partial charge < -0.3 is 33.1 Å². The van der Waals surface area contributed by atoms with Gasteiger partial charge in [0.25, 0.3) is 0 Å². The third kappa shape index (κ3) is 9.05. The number of carbonyl (C=O) groups excluding carboxylic acids is 4. The molecule has 0 bridgehead atoms. The molecule has 0 N–H and O–H groups in total. The van der Waals surface area contributed by atoms with E-state index in [1.54, 1.807) is 0 Å². The standard InChI is InChI=1S/C20H34NO12P/c1-8-21(9-2,10-3)33-34(26)32-20-19(30-15(7)25)18(29-14(6)24)17(28-13(5)23)16(31-20)11-27-12(4)22/h16-20H,8-11H2,1-7H3/q+1/t16-,17-,18+,19-,20+,34?/m1/s1. The van der Waals surface area contributed by atoms with E-state index in [4.69, 9.17) is 32.8 Å². The van der Waals surface area contributed by atoms with Crippen LogP contribution < -0.4 is 4.89 Å². The van der Waals surface area contributed by atoms with Crippen molar-refractivity contribution in [1.82, 2.24) is 0 Å². The molecule has 0 aromatic carbocycles. The lowest BCUT2D eigenvalue weighted by Crippen LogP contribution is -2.62. The highest BCUT2D eigenvalue weighted by molar-refractivity contribution is 7.38. The van der Waals surface area contributed by atoms with Crippen molar-refractivity contribution in [3.8, 4) is 0 Å². The summed E-state index contributed by atoms with van der Waals surface area (Å²) >= 11 is 0. The number of esters is 4. The normalized spacial score (nSPS) is 25.7. The van der Waals surface area contributed by atoms with E-state index in [1.807, 2.05) is 20.8 Å². The Balaban J connectivity index is 3.33. The number of hydrogen-bond donors (Lipinski definition) is 0. The summed E-state index contributed by atoms with van der Waals surface area (Å²) in [6, 6.07) is 0. The van der Waals surface area contributed by atoms with E-state index in [1.165, 1.54) is 0 Å². The molecule has 0 aromatic heterocycles. The van der Waals surface area contributed by atoms with Crippen LogP contribution in [0, 0.1) is 0 Å². The predicted molar refractivity (Wildman–Crippen MR) is 113 cm³/mol. The van der Waals surface area contributed by atoms with Crippen LogP contribution in [0.3, 0.4) is 0 Å². The predicted octanol–water partition coefficient (Wildman–Crippen LogP) is 0.481. The third-order valence-electron chi connectivity index (χ3n) is 5.11. The smallest absolute Gasteiger partial charge is 0.571 e. The molecule has 1 radical (unpaired) electrons. The zero-order valence-electron chi connectivity index (χ0n) is 20.5. The molecule has 0 amide bonds. The Labute approximate surface area is 200 Å². The van der Waals surface area contributed by atoms with Gasteiger partial charge in [0.05, 0.1) is 6.92 Å². The van der Waals surface area contributed by atoms with E-state index in [2.05, 4.69) is 0 Å². The molecule has 0 aliphatic carbocycles. The van der Waals surface area contributed by atoms with Gasteiger partial charge in [-0.25, -0.2) is 0 Å². The van der Waals surface area contributed by atoms with Crippen molar-refractivity contribution in [3.05, 3.63) is 0 Å². The summed E-state index contributed by atoms with van der Waals surface area (Å²) in [4.78, 5) is 59.5. The first-order valence-electron chi connectivity index (χ1n) is 10.9. The summed E-state index contributed by atoms with van der Waals surface area (Å²) < 4.78 is 37.6. The fourth-order valence-electron chi connectivity index (χ4n) is 3.36. The lowest BCUT2D eigenvalue weighted by atomic mass is 9.98. The second kappa shape index (κ2) is 13.9. The monoisotopic (exact) mass is 511 g/mol. The van der Waals surface area contributed by atoms with Gasteiger partial charge in [-0.1, -0.05) is 0 Å². The second-order valence-electron chi connectivity index (χ2n) is 7.49. The quantitative estimate of drug-likeness (QED) is 0.0892. The van der Waals surface area contributed by atoms with Gasteiger partial charge in [0.15, 0.2) is 33.0 Å². The summed E-state index contributed by atoms with van der Waals surface area (Å²) in [5, 5.41) is 0. The van der Waals surface area contributed by atoms with Crippen molar-refractivity contribution in [2.24, 2.45) is 0 Å². The van der Waals surface area contributed by atoms with Crippen LogP contribution in [0.4, 0.5) is 0 Å². The fraction of sp³-hybridized carbons (Fsp3) is 0.800. The van der Waals surface area contributed by atoms with Crippen molar-refractivity contribution in [2.45, 2.75) is 79.2 Å². The van der Waals surface area contributed by atoms with Crippen molar-refractivity contribution >= 4 is 32.5 Å². The number of ether oxygens (including phenoxy) is 5. The minimum Gasteiger partial charge on any atom is -0.781 e. The molecule has 1 aliphatic heterocycles. The molecule has 1 aliphatic rings. The van der Waals surface area contributed by atoms with Gasteiger partial charge in [0.1, 0.15) is 19.6 Å². The first kappa shape index (κ1) is 30.1. The molecule has 1 unspecified atom stereocenters. The van der Waals surface area contributed by atoms with E-state index in [0.717, 1.165) is 27.7 Å². The fourth-order valence-corrected chi connectivity index (χ4v) is 4.37. The number of rotatable bonds is 12. The minimum absolute atomic E-state index is 0.0144. The Kier molecular flexibility index (Phi) is 12.3. The third-order valence-corrected chi connectivity index (χ3v) is 5.97. The van der Waals surface area contributed by atoms with Crippen LogP contribution in [0.1, 0.15) is 48.5 Å². The van der Waals surface area contributed by atoms with E-state index >= 15 is 0 Å². The zero-order valence-corrected chi connectivity index (χ0v) is 21.4. The van der Waals surface area contributed by atoms with Crippen LogP contribution in [0.2, 0.25) is 0 Å². The summed E-state index contributed by atoms with van der Waals surface area (Å²) in [5.74, 6) is -2.99. The maximum atomic E-state index is 12.8. The average molecular weight is 511 g/mol. The summed E-state index contributed by atoms with van der Waals surface area (Å²) in [6.07, 6.45) is -7.01. The van der Waals surface area contributed by atoms with Crippen LogP contribution in [-0.4, -0.2) is 85.5 Å². The van der Waals surface area contributed by atoms with Crippen molar-refractivity contribution in [2.75, 3.05) is 26.2 Å². The van der Waals surface area contributed by atoms with Gasteiger partial charge in [-0.05, 0) is 20.8 Å². The zero-order chi connectivity index (χ0) is 26.1. The SMILES string of the molecule is CC[N+](CC)(CC)OP([O-])O[C@@H]1O[C@H](COC(C)=[O+])[C@@H](OC(C)=O)[C@H](OC(C)=O)[C@H]1OC(C)=O. The Morgan fingerprint density at radius 2 is 1.35 bits per heavy atom. The maximum absolute atomic E-state index is 12.8. The van der Waals surface area contributed by atoms with E-state index in [9.17, 15) is 24.1 Å². The molecule has 1 heterocycles. The first-order chi connectivity index (χ1) is 15.9. The first-order valence-corrected chi connectivity index (χ1v) is 12.0. The summed E-state index contributed by atoms with van der Waals surface area (Å²) in [6.45, 7) is 11.1. The molecule has 0 aromatic rings. The topological polar surface area (TPSA) is 159 Å². The van der Waals surface area contributed by atoms with Crippen molar-refractivity contribution < 1.29 is 61.6 Å². The van der Waals surface area contributed by atoms with E-state index in [-0.39, 0.29) is 4.65 Å². The molecule has 0 saturated carbocycles. The lowest BCUT2D eigenvalue weighted by molar-refractivity contribution is -1.08. The van der Waals surface area contributed by atoms with Gasteiger partial charge >= 0.3 is 23.9 Å². The number of carbonyl (C=O) groups is 4. The number of hydroxylamine groups is 3. The number of hydrogen-bond acceptors (Lipinski definition) is 12. The Morgan fingerprint density at radius 1 is 0.882 bits per heavy atom. The van der Waals surface area contributed by atoms with Crippen LogP contribution in [0.25, 0.3) is 0 Å². The van der Waals surface area contributed by atoms with Crippen molar-refractivity contribution in [3.63, 3.8) is 0 Å². The van der Waals surface area contributed by atoms with Gasteiger partial charge in [-0.3, -0.25) is 14.4 Å². The molecule has 1 rings (SSSR count). The lowest BCUT2D eigenvalue weighted by Gasteiger charge is -2.45. The second-order valence-corrected chi connectivity index (χ2v) is 8.31. The Hall–Kier alpha value is -1.89. The molecule has 34 heavy (non-hydrogen) atoms. The van der Waals surface area contributed by atoms with Gasteiger partial charge in [-0.15, -0.1) is 0 Å². The number of quaternary nitrogens is 1. The van der Waals surface area contributed by atoms with Crippen LogP contribution >= 0.6 is 8.60 Å². The van der Waals surface area contributed by atoms with Crippen LogP contribution in [0.15, 0.2) is 0 Å². The van der Waals surface area contributed by atoms with Gasteiger partial charge in [0, 0.05) is 25.6 Å². The molecular weight excluding hydrogens is 477 g/mol. The Bertz CT molecular complexity index is 707.